The van der Waals surface area contributed by atoms with Crippen LogP contribution in [0.5, 0.6) is 0 Å². The third-order valence-electron chi connectivity index (χ3n) is 3.56. The van der Waals surface area contributed by atoms with Gasteiger partial charge >= 0.3 is 0 Å². The lowest BCUT2D eigenvalue weighted by atomic mass is 10.2. The van der Waals surface area contributed by atoms with E-state index in [0.717, 1.165) is 5.69 Å². The maximum absolute atomic E-state index is 10.8. The van der Waals surface area contributed by atoms with Crippen LogP contribution in [0.4, 0.5) is 11.4 Å². The van der Waals surface area contributed by atoms with Crippen LogP contribution >= 0.6 is 15.9 Å². The molecule has 0 unspecified atom stereocenters. The van der Waals surface area contributed by atoms with Gasteiger partial charge in [0.05, 0.1) is 17.6 Å². The van der Waals surface area contributed by atoms with Crippen molar-refractivity contribution in [3.63, 3.8) is 0 Å². The van der Waals surface area contributed by atoms with Crippen molar-refractivity contribution in [1.29, 1.82) is 0 Å². The molecular weight excluding hydrogens is 324 g/mol. The number of nitro groups is 1. The molecule has 0 amide bonds. The highest BCUT2D eigenvalue weighted by Gasteiger charge is 2.16. The van der Waals surface area contributed by atoms with Gasteiger partial charge in [0.1, 0.15) is 0 Å². The second-order valence-electron chi connectivity index (χ2n) is 5.08. The van der Waals surface area contributed by atoms with E-state index in [1.165, 1.54) is 31.7 Å². The van der Waals surface area contributed by atoms with Crippen LogP contribution in [0.25, 0.3) is 0 Å². The molecular formula is C14H19BrN2O3. The van der Waals surface area contributed by atoms with Crippen LogP contribution in [0.15, 0.2) is 16.6 Å². The molecule has 1 aromatic rings. The first-order valence-corrected chi connectivity index (χ1v) is 7.67. The second kappa shape index (κ2) is 7.04. The summed E-state index contributed by atoms with van der Waals surface area (Å²) in [7, 11) is 0. The van der Waals surface area contributed by atoms with E-state index in [-0.39, 0.29) is 10.6 Å². The summed E-state index contributed by atoms with van der Waals surface area (Å²) in [5, 5.41) is 14.1. The van der Waals surface area contributed by atoms with E-state index in [1.807, 2.05) is 0 Å². The van der Waals surface area contributed by atoms with Crippen molar-refractivity contribution in [2.45, 2.75) is 38.7 Å². The summed E-state index contributed by atoms with van der Waals surface area (Å²) in [6.07, 6.45) is 5.29. The quantitative estimate of drug-likeness (QED) is 0.481. The van der Waals surface area contributed by atoms with E-state index in [1.54, 1.807) is 13.0 Å². The van der Waals surface area contributed by atoms with Gasteiger partial charge in [-0.05, 0) is 41.8 Å². The van der Waals surface area contributed by atoms with E-state index in [9.17, 15) is 10.1 Å². The van der Waals surface area contributed by atoms with Crippen molar-refractivity contribution in [2.24, 2.45) is 0 Å². The molecule has 0 bridgehead atoms. The van der Waals surface area contributed by atoms with Gasteiger partial charge in [-0.25, -0.2) is 0 Å². The summed E-state index contributed by atoms with van der Waals surface area (Å²) in [4.78, 5) is 10.5. The molecule has 110 valence electrons. The van der Waals surface area contributed by atoms with Gasteiger partial charge in [0.2, 0.25) is 0 Å². The fourth-order valence-corrected chi connectivity index (χ4v) is 2.94. The van der Waals surface area contributed by atoms with Gasteiger partial charge in [-0.1, -0.05) is 12.8 Å². The van der Waals surface area contributed by atoms with Crippen molar-refractivity contribution in [3.05, 3.63) is 32.3 Å². The summed E-state index contributed by atoms with van der Waals surface area (Å²) >= 11 is 3.36. The number of rotatable bonds is 6. The number of hydrogen-bond acceptors (Lipinski definition) is 4. The molecule has 0 aliphatic heterocycles. The van der Waals surface area contributed by atoms with Crippen LogP contribution in [0.1, 0.15) is 31.2 Å². The predicted molar refractivity (Wildman–Crippen MR) is 82.2 cm³/mol. The third-order valence-corrected chi connectivity index (χ3v) is 4.21. The van der Waals surface area contributed by atoms with Crippen LogP contribution < -0.4 is 5.32 Å². The Kier molecular flexibility index (Phi) is 5.37. The highest BCUT2D eigenvalue weighted by Crippen LogP contribution is 2.30. The molecule has 1 saturated carbocycles. The molecule has 2 rings (SSSR count). The number of benzene rings is 1. The molecule has 20 heavy (non-hydrogen) atoms. The fraction of sp³-hybridized carbons (Fsp3) is 0.571. The summed E-state index contributed by atoms with van der Waals surface area (Å²) in [5.74, 6) is 0. The molecule has 0 radical (unpaired) electrons. The lowest BCUT2D eigenvalue weighted by Gasteiger charge is -2.13. The monoisotopic (exact) mass is 342 g/mol. The number of aryl methyl sites for hydroxylation is 1. The number of anilines is 1. The van der Waals surface area contributed by atoms with Gasteiger partial charge in [-0.3, -0.25) is 10.1 Å². The Morgan fingerprint density at radius 2 is 2.15 bits per heavy atom. The van der Waals surface area contributed by atoms with Crippen molar-refractivity contribution in [1.82, 2.24) is 0 Å². The van der Waals surface area contributed by atoms with Gasteiger partial charge in [0.25, 0.3) is 5.69 Å². The zero-order valence-electron chi connectivity index (χ0n) is 11.5. The summed E-state index contributed by atoms with van der Waals surface area (Å²) in [5.41, 5.74) is 1.64. The maximum atomic E-state index is 10.8. The zero-order valence-corrected chi connectivity index (χ0v) is 13.1. The Bertz CT molecular complexity index is 488. The van der Waals surface area contributed by atoms with Gasteiger partial charge in [0.15, 0.2) is 0 Å². The van der Waals surface area contributed by atoms with Crippen molar-refractivity contribution in [3.8, 4) is 0 Å². The van der Waals surface area contributed by atoms with Crippen LogP contribution in [-0.2, 0) is 4.74 Å². The number of nitro benzene ring substituents is 1. The predicted octanol–water partition coefficient (Wildman–Crippen LogP) is 4.04. The number of nitrogens with one attached hydrogen (secondary N) is 1. The Hall–Kier alpha value is -1.14. The molecule has 0 heterocycles. The van der Waals surface area contributed by atoms with Crippen molar-refractivity contribution < 1.29 is 9.66 Å². The average molecular weight is 343 g/mol. The van der Waals surface area contributed by atoms with Gasteiger partial charge in [-0.2, -0.15) is 0 Å². The minimum absolute atomic E-state index is 0.129. The molecule has 0 atom stereocenters. The third kappa shape index (κ3) is 3.93. The first-order chi connectivity index (χ1) is 9.58. The summed E-state index contributed by atoms with van der Waals surface area (Å²) in [6, 6.07) is 3.33. The van der Waals surface area contributed by atoms with Gasteiger partial charge in [0, 0.05) is 28.3 Å². The Morgan fingerprint density at radius 1 is 1.45 bits per heavy atom. The van der Waals surface area contributed by atoms with Crippen LogP contribution in [-0.4, -0.2) is 24.2 Å². The molecule has 1 N–H and O–H groups in total. The van der Waals surface area contributed by atoms with Gasteiger partial charge in [-0.15, -0.1) is 0 Å². The van der Waals surface area contributed by atoms with E-state index in [2.05, 4.69) is 21.2 Å². The summed E-state index contributed by atoms with van der Waals surface area (Å²) in [6.45, 7) is 3.10. The normalized spacial score (nSPS) is 15.5. The highest BCUT2D eigenvalue weighted by atomic mass is 79.9. The Balaban J connectivity index is 1.86. The molecule has 6 heteroatoms. The Labute approximate surface area is 127 Å². The second-order valence-corrected chi connectivity index (χ2v) is 5.93. The van der Waals surface area contributed by atoms with E-state index < -0.39 is 0 Å². The maximum Gasteiger partial charge on any atom is 0.273 e. The molecule has 0 aromatic heterocycles. The van der Waals surface area contributed by atoms with Crippen LogP contribution in [0.3, 0.4) is 0 Å². The molecule has 5 nitrogen and oxygen atoms in total. The lowest BCUT2D eigenvalue weighted by molar-refractivity contribution is -0.385. The SMILES string of the molecule is Cc1cc(NCCOC2CCCC2)c(Br)cc1[N+](=O)[O-]. The molecule has 1 fully saturated rings. The highest BCUT2D eigenvalue weighted by molar-refractivity contribution is 9.10. The number of hydrogen-bond donors (Lipinski definition) is 1. The number of halogens is 1. The summed E-state index contributed by atoms with van der Waals surface area (Å²) < 4.78 is 6.48. The standard InChI is InChI=1S/C14H19BrN2O3/c1-10-8-13(12(15)9-14(10)17(18)19)16-6-7-20-11-4-2-3-5-11/h8-9,11,16H,2-7H2,1H3. The molecule has 1 aliphatic rings. The lowest BCUT2D eigenvalue weighted by Crippen LogP contribution is -2.15. The molecule has 0 saturated heterocycles. The minimum Gasteiger partial charge on any atom is -0.382 e. The van der Waals surface area contributed by atoms with Crippen LogP contribution in [0, 0.1) is 17.0 Å². The molecule has 1 aliphatic carbocycles. The molecule has 0 spiro atoms. The smallest absolute Gasteiger partial charge is 0.273 e. The van der Waals surface area contributed by atoms with Crippen molar-refractivity contribution >= 4 is 27.3 Å². The first-order valence-electron chi connectivity index (χ1n) is 6.88. The Morgan fingerprint density at radius 3 is 2.80 bits per heavy atom. The molecule has 1 aromatic carbocycles. The first kappa shape index (κ1) is 15.3. The number of nitrogens with zero attached hydrogens (tertiary/aromatic N) is 1. The van der Waals surface area contributed by atoms with Crippen molar-refractivity contribution in [2.75, 3.05) is 18.5 Å². The van der Waals surface area contributed by atoms with Crippen LogP contribution in [0.2, 0.25) is 0 Å². The van der Waals surface area contributed by atoms with Gasteiger partial charge < -0.3 is 10.1 Å². The van der Waals surface area contributed by atoms with E-state index in [0.29, 0.717) is 29.3 Å². The largest absolute Gasteiger partial charge is 0.382 e. The van der Waals surface area contributed by atoms with E-state index in [4.69, 9.17) is 4.74 Å². The van der Waals surface area contributed by atoms with E-state index >= 15 is 0 Å². The minimum atomic E-state index is -0.368. The number of ether oxygens (including phenoxy) is 1. The average Bonchev–Trinajstić information content (AvgIpc) is 2.90. The zero-order chi connectivity index (χ0) is 14.5. The fourth-order valence-electron chi connectivity index (χ4n) is 2.47. The topological polar surface area (TPSA) is 64.4 Å².